The van der Waals surface area contributed by atoms with Crippen molar-refractivity contribution >= 4 is 29.5 Å². The lowest BCUT2D eigenvalue weighted by Crippen LogP contribution is -2.51. The fourth-order valence-corrected chi connectivity index (χ4v) is 6.06. The summed E-state index contributed by atoms with van der Waals surface area (Å²) in [5, 5.41) is 8.71. The molecule has 49 heavy (non-hydrogen) atoms. The lowest BCUT2D eigenvalue weighted by atomic mass is 9.88. The van der Waals surface area contributed by atoms with E-state index in [9.17, 15) is 19.2 Å². The summed E-state index contributed by atoms with van der Waals surface area (Å²) in [5.74, 6) is -1.17. The smallest absolute Gasteiger partial charge is 0.242 e. The van der Waals surface area contributed by atoms with Gasteiger partial charge in [-0.1, -0.05) is 97.8 Å². The minimum Gasteiger partial charge on any atom is -0.370 e. The number of amides is 3. The summed E-state index contributed by atoms with van der Waals surface area (Å²) < 4.78 is 0. The van der Waals surface area contributed by atoms with Gasteiger partial charge in [-0.3, -0.25) is 24.2 Å². The van der Waals surface area contributed by atoms with Crippen LogP contribution in [-0.2, 0) is 19.2 Å². The lowest BCUT2D eigenvalue weighted by molar-refractivity contribution is -0.133. The van der Waals surface area contributed by atoms with E-state index in [2.05, 4.69) is 27.9 Å². The summed E-state index contributed by atoms with van der Waals surface area (Å²) in [6.07, 6.45) is 20.3. The van der Waals surface area contributed by atoms with Crippen molar-refractivity contribution in [3.8, 4) is 0 Å². The van der Waals surface area contributed by atoms with E-state index in [1.165, 1.54) is 64.2 Å². The molecular formula is C38H75N7O4. The number of carbonyl (C=O) groups is 4. The van der Waals surface area contributed by atoms with Gasteiger partial charge in [-0.2, -0.15) is 0 Å². The van der Waals surface area contributed by atoms with Crippen LogP contribution >= 0.6 is 0 Å². The lowest BCUT2D eigenvalue weighted by Gasteiger charge is -2.25. The highest BCUT2D eigenvalue weighted by Gasteiger charge is 2.29. The third-order valence-electron chi connectivity index (χ3n) is 8.98. The highest BCUT2D eigenvalue weighted by Crippen LogP contribution is 2.19. The Morgan fingerprint density at radius 3 is 1.76 bits per heavy atom. The second kappa shape index (κ2) is 30.2. The van der Waals surface area contributed by atoms with Crippen molar-refractivity contribution < 1.29 is 19.2 Å². The molecule has 3 amide bonds. The minimum absolute atomic E-state index is 0.0259. The fraction of sp³-hybridized carbons (Fsp3) is 0.868. The van der Waals surface area contributed by atoms with Gasteiger partial charge in [0, 0.05) is 31.3 Å². The van der Waals surface area contributed by atoms with Crippen molar-refractivity contribution in [1.29, 1.82) is 0 Å². The summed E-state index contributed by atoms with van der Waals surface area (Å²) >= 11 is 0. The zero-order chi connectivity index (χ0) is 36.9. The molecule has 286 valence electrons. The van der Waals surface area contributed by atoms with E-state index in [0.29, 0.717) is 45.2 Å². The Hall–Kier alpha value is -2.69. The largest absolute Gasteiger partial charge is 0.370 e. The number of nitrogens with zero attached hydrogens (tertiary/aromatic N) is 1. The Balaban J connectivity index is 4.79. The maximum atomic E-state index is 13.6. The molecule has 0 saturated heterocycles. The minimum atomic E-state index is -0.770. The molecule has 0 aliphatic carbocycles. The summed E-state index contributed by atoms with van der Waals surface area (Å²) in [4.78, 5) is 56.5. The molecule has 0 fully saturated rings. The Morgan fingerprint density at radius 2 is 1.22 bits per heavy atom. The van der Waals surface area contributed by atoms with Crippen LogP contribution in [-0.4, -0.2) is 60.7 Å². The number of ketones is 1. The summed E-state index contributed by atoms with van der Waals surface area (Å²) in [7, 11) is 0. The molecular weight excluding hydrogens is 618 g/mol. The number of hydrogen-bond donors (Lipinski definition) is 6. The molecule has 0 aliphatic heterocycles. The molecule has 9 N–H and O–H groups in total. The Labute approximate surface area is 298 Å². The third kappa shape index (κ3) is 26.8. The Bertz CT molecular complexity index is 924. The SMILES string of the molecule is CCCCCCCCCCCCCCCC(=O)N[C@@H](C)C(=O)N[C@@H](CCCCN)C(=O)C[C@@H](CC(C)C)C(=O)N[C@H](C)CCCN=C(N)N. The van der Waals surface area contributed by atoms with E-state index in [4.69, 9.17) is 17.2 Å². The van der Waals surface area contributed by atoms with Crippen molar-refractivity contribution in [3.63, 3.8) is 0 Å². The second-order valence-corrected chi connectivity index (χ2v) is 14.5. The maximum absolute atomic E-state index is 13.6. The van der Waals surface area contributed by atoms with Crippen LogP contribution in [0, 0.1) is 11.8 Å². The van der Waals surface area contributed by atoms with E-state index < -0.39 is 23.9 Å². The van der Waals surface area contributed by atoms with E-state index in [-0.39, 0.29) is 41.9 Å². The topological polar surface area (TPSA) is 195 Å². The molecule has 0 bridgehead atoms. The van der Waals surface area contributed by atoms with Gasteiger partial charge in [0.05, 0.1) is 6.04 Å². The predicted octanol–water partition coefficient (Wildman–Crippen LogP) is 5.77. The van der Waals surface area contributed by atoms with Crippen molar-refractivity contribution in [1.82, 2.24) is 16.0 Å². The molecule has 0 heterocycles. The van der Waals surface area contributed by atoms with Gasteiger partial charge in [-0.25, -0.2) is 0 Å². The first kappa shape index (κ1) is 46.3. The second-order valence-electron chi connectivity index (χ2n) is 14.5. The quantitative estimate of drug-likeness (QED) is 0.0292. The number of guanidine groups is 1. The molecule has 0 saturated carbocycles. The van der Waals surface area contributed by atoms with Gasteiger partial charge in [0.2, 0.25) is 17.7 Å². The molecule has 0 spiro atoms. The van der Waals surface area contributed by atoms with Crippen LogP contribution in [0.1, 0.15) is 169 Å². The maximum Gasteiger partial charge on any atom is 0.242 e. The molecule has 0 aromatic rings. The Morgan fingerprint density at radius 1 is 0.653 bits per heavy atom. The molecule has 11 heteroatoms. The molecule has 0 rings (SSSR count). The average molecular weight is 694 g/mol. The van der Waals surface area contributed by atoms with Crippen LogP contribution in [0.15, 0.2) is 4.99 Å². The number of rotatable bonds is 32. The summed E-state index contributed by atoms with van der Waals surface area (Å²) in [5.41, 5.74) is 16.5. The summed E-state index contributed by atoms with van der Waals surface area (Å²) in [6, 6.07) is -1.62. The zero-order valence-corrected chi connectivity index (χ0v) is 32.0. The molecule has 0 radical (unpaired) electrons. The van der Waals surface area contributed by atoms with Gasteiger partial charge in [-0.05, 0) is 71.3 Å². The van der Waals surface area contributed by atoms with E-state index >= 15 is 0 Å². The molecule has 11 nitrogen and oxygen atoms in total. The van der Waals surface area contributed by atoms with Crippen LogP contribution in [0.4, 0.5) is 0 Å². The van der Waals surface area contributed by atoms with Gasteiger partial charge in [0.25, 0.3) is 0 Å². The molecule has 0 aromatic heterocycles. The first-order valence-electron chi connectivity index (χ1n) is 19.6. The molecule has 0 unspecified atom stereocenters. The van der Waals surface area contributed by atoms with Crippen molar-refractivity contribution in [2.45, 2.75) is 188 Å². The number of nitrogens with two attached hydrogens (primary N) is 3. The van der Waals surface area contributed by atoms with Crippen LogP contribution in [0.25, 0.3) is 0 Å². The number of unbranched alkanes of at least 4 members (excludes halogenated alkanes) is 13. The molecule has 0 aliphatic rings. The number of carbonyl (C=O) groups excluding carboxylic acids is 4. The van der Waals surface area contributed by atoms with E-state index in [0.717, 1.165) is 32.1 Å². The fourth-order valence-electron chi connectivity index (χ4n) is 6.06. The van der Waals surface area contributed by atoms with Crippen molar-refractivity contribution in [2.75, 3.05) is 13.1 Å². The first-order chi connectivity index (χ1) is 23.4. The van der Waals surface area contributed by atoms with Gasteiger partial charge >= 0.3 is 0 Å². The standard InChI is InChI=1S/C38H75N7O4/c1-6-7-8-9-10-11-12-13-14-15-16-17-18-24-35(47)44-31(5)36(48)45-33(23-19-20-25-39)34(46)28-32(27-29(2)3)37(49)43-30(4)22-21-26-42-38(40)41/h29-33H,6-28,39H2,1-5H3,(H,43,49)(H,44,47)(H,45,48)(H4,40,41,42)/t30-,31+,32-,33+/m1/s1. The number of aliphatic imine (C=N–C) groups is 1. The average Bonchev–Trinajstić information content (AvgIpc) is 3.04. The van der Waals surface area contributed by atoms with Crippen LogP contribution in [0.2, 0.25) is 0 Å². The monoisotopic (exact) mass is 694 g/mol. The van der Waals surface area contributed by atoms with E-state index in [1.54, 1.807) is 6.92 Å². The van der Waals surface area contributed by atoms with E-state index in [1.807, 2.05) is 20.8 Å². The normalized spacial score (nSPS) is 13.7. The van der Waals surface area contributed by atoms with Crippen LogP contribution in [0.3, 0.4) is 0 Å². The van der Waals surface area contributed by atoms with Crippen molar-refractivity contribution in [2.24, 2.45) is 34.0 Å². The Kier molecular flexibility index (Phi) is 28.5. The highest BCUT2D eigenvalue weighted by atomic mass is 16.2. The predicted molar refractivity (Wildman–Crippen MR) is 203 cm³/mol. The van der Waals surface area contributed by atoms with Gasteiger partial charge in [0.1, 0.15) is 6.04 Å². The summed E-state index contributed by atoms with van der Waals surface area (Å²) in [6.45, 7) is 10.8. The zero-order valence-electron chi connectivity index (χ0n) is 32.0. The van der Waals surface area contributed by atoms with Gasteiger partial charge in [0.15, 0.2) is 11.7 Å². The number of nitrogens with one attached hydrogen (secondary N) is 3. The van der Waals surface area contributed by atoms with Gasteiger partial charge < -0.3 is 33.2 Å². The van der Waals surface area contributed by atoms with Gasteiger partial charge in [-0.15, -0.1) is 0 Å². The first-order valence-corrected chi connectivity index (χ1v) is 19.6. The van der Waals surface area contributed by atoms with Crippen molar-refractivity contribution in [3.05, 3.63) is 0 Å². The number of Topliss-reactive ketones (excluding diaryl/α,β-unsaturated/α-hetero) is 1. The third-order valence-corrected chi connectivity index (χ3v) is 8.98. The van der Waals surface area contributed by atoms with Crippen LogP contribution < -0.4 is 33.2 Å². The molecule has 4 atom stereocenters. The molecule has 0 aromatic carbocycles. The number of hydrogen-bond acceptors (Lipinski definition) is 6. The van der Waals surface area contributed by atoms with Crippen LogP contribution in [0.5, 0.6) is 0 Å². The highest BCUT2D eigenvalue weighted by molar-refractivity contribution is 5.94.